The summed E-state index contributed by atoms with van der Waals surface area (Å²) in [6.45, 7) is 9.40. The lowest BCUT2D eigenvalue weighted by atomic mass is 9.76. The first-order valence-electron chi connectivity index (χ1n) is 9.30. The number of rotatable bonds is 4. The third-order valence-electron chi connectivity index (χ3n) is 5.45. The molecule has 4 atom stereocenters. The van der Waals surface area contributed by atoms with Crippen molar-refractivity contribution in [3.05, 3.63) is 23.9 Å². The Labute approximate surface area is 158 Å². The second-order valence-corrected chi connectivity index (χ2v) is 9.08. The first-order valence-corrected chi connectivity index (χ1v) is 9.30. The Bertz CT molecular complexity index is 811. The highest BCUT2D eigenvalue weighted by atomic mass is 16.5. The summed E-state index contributed by atoms with van der Waals surface area (Å²) >= 11 is 0. The van der Waals surface area contributed by atoms with E-state index in [1.54, 1.807) is 18.9 Å². The van der Waals surface area contributed by atoms with Crippen molar-refractivity contribution in [1.82, 2.24) is 19.9 Å². The van der Waals surface area contributed by atoms with Gasteiger partial charge in [0, 0.05) is 13.6 Å². The maximum atomic E-state index is 13.2. The predicted octanol–water partition coefficient (Wildman–Crippen LogP) is 1.16. The van der Waals surface area contributed by atoms with Gasteiger partial charge in [-0.1, -0.05) is 38.1 Å². The van der Waals surface area contributed by atoms with Crippen LogP contribution in [0, 0.1) is 24.2 Å². The molecule has 2 unspecified atom stereocenters. The maximum Gasteiger partial charge on any atom is 0.246 e. The highest BCUT2D eigenvalue weighted by Crippen LogP contribution is 2.52. The van der Waals surface area contributed by atoms with Gasteiger partial charge in [-0.2, -0.15) is 4.98 Å². The number of carbonyl (C=O) groups is 2. The molecule has 0 N–H and O–H groups in total. The second-order valence-electron chi connectivity index (χ2n) is 9.08. The second kappa shape index (κ2) is 5.89. The van der Waals surface area contributed by atoms with Gasteiger partial charge in [-0.25, -0.2) is 0 Å². The molecule has 146 valence electrons. The lowest BCUT2D eigenvalue weighted by Gasteiger charge is -2.29. The summed E-state index contributed by atoms with van der Waals surface area (Å²) in [4.78, 5) is 33.9. The molecule has 2 saturated heterocycles. The van der Waals surface area contributed by atoms with Crippen LogP contribution >= 0.6 is 0 Å². The molecule has 4 heterocycles. The first-order chi connectivity index (χ1) is 12.6. The maximum absolute atomic E-state index is 13.2. The van der Waals surface area contributed by atoms with E-state index in [4.69, 9.17) is 9.26 Å². The van der Waals surface area contributed by atoms with Crippen LogP contribution in [0.25, 0.3) is 0 Å². The van der Waals surface area contributed by atoms with Crippen LogP contribution in [0.15, 0.2) is 16.7 Å². The Morgan fingerprint density at radius 1 is 1.44 bits per heavy atom. The number of amides is 2. The van der Waals surface area contributed by atoms with Crippen LogP contribution in [0.5, 0.6) is 0 Å². The Balaban J connectivity index is 1.54. The number of likely N-dealkylation sites (tertiary alicyclic amines) is 1. The zero-order chi connectivity index (χ0) is 19.6. The summed E-state index contributed by atoms with van der Waals surface area (Å²) in [6.07, 6.45) is 3.56. The van der Waals surface area contributed by atoms with E-state index in [1.165, 1.54) is 0 Å². The molecular weight excluding hydrogens is 348 g/mol. The molecule has 3 aliphatic rings. The molecule has 1 spiro atoms. The van der Waals surface area contributed by atoms with E-state index in [9.17, 15) is 9.59 Å². The summed E-state index contributed by atoms with van der Waals surface area (Å²) < 4.78 is 11.3. The zero-order valence-corrected chi connectivity index (χ0v) is 16.4. The standard InChI is InChI=1S/C19H26N4O4/c1-11-20-13(27-21-11)8-22(5)16(24)14-12-6-7-19(26-12)10-23(9-18(2,3)4)17(25)15(14)19/h6-7,12,14-15H,8-10H2,1-5H3/t12-,14?,15?,19-/m1/s1. The van der Waals surface area contributed by atoms with Gasteiger partial charge in [0.1, 0.15) is 5.60 Å². The highest BCUT2D eigenvalue weighted by molar-refractivity contribution is 5.93. The summed E-state index contributed by atoms with van der Waals surface area (Å²) in [5, 5.41) is 3.75. The van der Waals surface area contributed by atoms with Crippen LogP contribution in [0.2, 0.25) is 0 Å². The van der Waals surface area contributed by atoms with Crippen LogP contribution in [-0.4, -0.2) is 63.6 Å². The third-order valence-corrected chi connectivity index (χ3v) is 5.45. The Morgan fingerprint density at radius 2 is 2.19 bits per heavy atom. The van der Waals surface area contributed by atoms with Crippen molar-refractivity contribution in [3.63, 3.8) is 0 Å². The van der Waals surface area contributed by atoms with Gasteiger partial charge in [-0.05, 0) is 12.3 Å². The number of carbonyl (C=O) groups excluding carboxylic acids is 2. The van der Waals surface area contributed by atoms with Gasteiger partial charge in [0.25, 0.3) is 0 Å². The molecule has 4 rings (SSSR count). The fraction of sp³-hybridized carbons (Fsp3) is 0.684. The van der Waals surface area contributed by atoms with E-state index in [2.05, 4.69) is 30.9 Å². The predicted molar refractivity (Wildman–Crippen MR) is 95.3 cm³/mol. The number of hydrogen-bond donors (Lipinski definition) is 0. The van der Waals surface area contributed by atoms with Crippen molar-refractivity contribution in [2.45, 2.75) is 45.9 Å². The molecule has 0 aliphatic carbocycles. The normalized spacial score (nSPS) is 31.7. The van der Waals surface area contributed by atoms with Crippen LogP contribution in [0.4, 0.5) is 0 Å². The Kier molecular flexibility index (Phi) is 3.96. The lowest BCUT2D eigenvalue weighted by Crippen LogP contribution is -2.45. The summed E-state index contributed by atoms with van der Waals surface area (Å²) in [5.74, 6) is -0.185. The van der Waals surface area contributed by atoms with Crippen LogP contribution < -0.4 is 0 Å². The Morgan fingerprint density at radius 3 is 2.81 bits per heavy atom. The largest absolute Gasteiger partial charge is 0.360 e. The summed E-state index contributed by atoms with van der Waals surface area (Å²) in [5.41, 5.74) is -0.686. The molecule has 1 aromatic rings. The molecule has 2 amide bonds. The molecule has 2 bridgehead atoms. The average molecular weight is 374 g/mol. The number of nitrogens with zero attached hydrogens (tertiary/aromatic N) is 4. The van der Waals surface area contributed by atoms with Gasteiger partial charge < -0.3 is 19.1 Å². The van der Waals surface area contributed by atoms with Crippen LogP contribution in [-0.2, 0) is 20.9 Å². The number of aryl methyl sites for hydroxylation is 1. The number of hydrogen-bond acceptors (Lipinski definition) is 6. The number of ether oxygens (including phenoxy) is 1. The van der Waals surface area contributed by atoms with Crippen molar-refractivity contribution in [3.8, 4) is 0 Å². The number of fused-ring (bicyclic) bond motifs is 1. The van der Waals surface area contributed by atoms with Crippen LogP contribution in [0.3, 0.4) is 0 Å². The lowest BCUT2D eigenvalue weighted by molar-refractivity contribution is -0.143. The van der Waals surface area contributed by atoms with Crippen molar-refractivity contribution >= 4 is 11.8 Å². The Hall–Kier alpha value is -2.22. The molecule has 3 aliphatic heterocycles. The molecule has 8 nitrogen and oxygen atoms in total. The fourth-order valence-electron chi connectivity index (χ4n) is 4.51. The summed E-state index contributed by atoms with van der Waals surface area (Å²) in [6, 6.07) is 0. The topological polar surface area (TPSA) is 88.8 Å². The van der Waals surface area contributed by atoms with Crippen molar-refractivity contribution in [1.29, 1.82) is 0 Å². The highest BCUT2D eigenvalue weighted by Gasteiger charge is 2.67. The van der Waals surface area contributed by atoms with Gasteiger partial charge in [-0.3, -0.25) is 9.59 Å². The molecule has 27 heavy (non-hydrogen) atoms. The third kappa shape index (κ3) is 2.96. The van der Waals surface area contributed by atoms with E-state index in [1.807, 2.05) is 17.1 Å². The minimum Gasteiger partial charge on any atom is -0.360 e. The van der Waals surface area contributed by atoms with Gasteiger partial charge in [0.15, 0.2) is 5.82 Å². The first kappa shape index (κ1) is 18.2. The van der Waals surface area contributed by atoms with Gasteiger partial charge in [0.05, 0.1) is 31.0 Å². The fourth-order valence-corrected chi connectivity index (χ4v) is 4.51. The molecular formula is C19H26N4O4. The molecule has 2 fully saturated rings. The molecule has 0 aromatic carbocycles. The van der Waals surface area contributed by atoms with Crippen LogP contribution in [0.1, 0.15) is 32.5 Å². The van der Waals surface area contributed by atoms with Gasteiger partial charge >= 0.3 is 0 Å². The van der Waals surface area contributed by atoms with Crippen molar-refractivity contribution in [2.75, 3.05) is 20.1 Å². The SMILES string of the molecule is Cc1noc(CN(C)C(=O)C2C3C(=O)N(CC(C)(C)C)C[C@]34C=C[C@H]2O4)n1. The average Bonchev–Trinajstić information content (AvgIpc) is 3.28. The van der Waals surface area contributed by atoms with Crippen molar-refractivity contribution in [2.24, 2.45) is 17.3 Å². The minimum absolute atomic E-state index is 0.0113. The van der Waals surface area contributed by atoms with Crippen molar-refractivity contribution < 1.29 is 18.8 Å². The van der Waals surface area contributed by atoms with E-state index in [0.717, 1.165) is 0 Å². The van der Waals surface area contributed by atoms with Gasteiger partial charge in [0.2, 0.25) is 17.7 Å². The van der Waals surface area contributed by atoms with Gasteiger partial charge in [-0.15, -0.1) is 0 Å². The molecule has 8 heteroatoms. The number of aromatic nitrogens is 2. The molecule has 1 aromatic heterocycles. The minimum atomic E-state index is -0.671. The quantitative estimate of drug-likeness (QED) is 0.735. The van der Waals surface area contributed by atoms with E-state index >= 15 is 0 Å². The monoisotopic (exact) mass is 374 g/mol. The van der Waals surface area contributed by atoms with E-state index < -0.39 is 17.4 Å². The molecule has 0 saturated carbocycles. The van der Waals surface area contributed by atoms with E-state index in [-0.39, 0.29) is 29.9 Å². The van der Waals surface area contributed by atoms with E-state index in [0.29, 0.717) is 24.8 Å². The molecule has 0 radical (unpaired) electrons. The summed E-state index contributed by atoms with van der Waals surface area (Å²) in [7, 11) is 1.69. The smallest absolute Gasteiger partial charge is 0.246 e. The zero-order valence-electron chi connectivity index (χ0n) is 16.4.